The zero-order valence-corrected chi connectivity index (χ0v) is 19.7. The van der Waals surface area contributed by atoms with Crippen molar-refractivity contribution < 1.29 is 24.5 Å². The average molecular weight is 486 g/mol. The number of aromatic amines is 1. The summed E-state index contributed by atoms with van der Waals surface area (Å²) in [6.07, 6.45) is -0.197. The smallest absolute Gasteiger partial charge is 0.329 e. The summed E-state index contributed by atoms with van der Waals surface area (Å²) in [4.78, 5) is 43.2. The fourth-order valence-electron chi connectivity index (χ4n) is 4.01. The van der Waals surface area contributed by atoms with E-state index >= 15 is 0 Å². The third kappa shape index (κ3) is 5.72. The van der Waals surface area contributed by atoms with Crippen molar-refractivity contribution in [2.75, 3.05) is 0 Å². The van der Waals surface area contributed by atoms with E-state index < -0.39 is 41.7 Å². The van der Waals surface area contributed by atoms with Crippen molar-refractivity contribution in [3.8, 4) is 11.1 Å². The lowest BCUT2D eigenvalue weighted by Gasteiger charge is -2.19. The summed E-state index contributed by atoms with van der Waals surface area (Å²) in [5.74, 6) is -1.81. The molecule has 0 amide bonds. The molecule has 3 rings (SSSR count). The normalized spacial score (nSPS) is 13.6. The second-order valence-electron chi connectivity index (χ2n) is 8.56. The number of H-pyrrole nitrogens is 1. The summed E-state index contributed by atoms with van der Waals surface area (Å²) in [6.45, 7) is 5.78. The number of pyridine rings is 1. The maximum atomic E-state index is 13.7. The van der Waals surface area contributed by atoms with Crippen LogP contribution in [0.25, 0.3) is 28.2 Å². The van der Waals surface area contributed by atoms with Crippen LogP contribution in [-0.2, 0) is 11.3 Å². The summed E-state index contributed by atoms with van der Waals surface area (Å²) in [7, 11) is 0. The van der Waals surface area contributed by atoms with Crippen LogP contribution in [0.2, 0.25) is 0 Å². The number of carboxylic acid groups (broad SMARTS) is 1. The predicted molar refractivity (Wildman–Crippen MR) is 130 cm³/mol. The predicted octanol–water partition coefficient (Wildman–Crippen LogP) is 2.63. The minimum atomic E-state index is -1.25. The third-order valence-corrected chi connectivity index (χ3v) is 5.60. The molecule has 0 aliphatic rings. The van der Waals surface area contributed by atoms with Crippen molar-refractivity contribution >= 4 is 23.1 Å². The highest BCUT2D eigenvalue weighted by atomic mass is 19.1. The van der Waals surface area contributed by atoms with E-state index in [0.717, 1.165) is 0 Å². The third-order valence-electron chi connectivity index (χ3n) is 5.60. The van der Waals surface area contributed by atoms with Crippen LogP contribution in [0.5, 0.6) is 0 Å². The first kappa shape index (κ1) is 26.0. The van der Waals surface area contributed by atoms with E-state index in [9.17, 15) is 29.0 Å². The first-order valence-corrected chi connectivity index (χ1v) is 11.3. The number of aliphatic carboxylic acids is 1. The molecule has 35 heavy (non-hydrogen) atoms. The van der Waals surface area contributed by atoms with Crippen LogP contribution in [0.15, 0.2) is 39.9 Å². The number of hydrogen-bond donors (Lipinski definition) is 4. The van der Waals surface area contributed by atoms with Gasteiger partial charge >= 0.3 is 11.7 Å². The van der Waals surface area contributed by atoms with Crippen LogP contribution in [-0.4, -0.2) is 48.0 Å². The van der Waals surface area contributed by atoms with Gasteiger partial charge in [0.2, 0.25) is 0 Å². The van der Waals surface area contributed by atoms with E-state index in [0.29, 0.717) is 22.4 Å². The fraction of sp³-hybridized carbons (Fsp3) is 0.360. The van der Waals surface area contributed by atoms with Crippen molar-refractivity contribution in [1.82, 2.24) is 14.5 Å². The number of hydrogen-bond acceptors (Lipinski definition) is 6. The molecule has 0 spiro atoms. The largest absolute Gasteiger partial charge is 0.481 e. The molecule has 0 fully saturated rings. The minimum Gasteiger partial charge on any atom is -0.481 e. The van der Waals surface area contributed by atoms with Gasteiger partial charge in [-0.3, -0.25) is 19.1 Å². The van der Waals surface area contributed by atoms with E-state index in [1.165, 1.54) is 34.9 Å². The Bertz CT molecular complexity index is 1380. The van der Waals surface area contributed by atoms with E-state index in [4.69, 9.17) is 5.11 Å². The van der Waals surface area contributed by atoms with Crippen molar-refractivity contribution in [2.24, 2.45) is 0 Å². The van der Waals surface area contributed by atoms with Gasteiger partial charge in [-0.2, -0.15) is 0 Å². The number of benzene rings is 1. The van der Waals surface area contributed by atoms with Gasteiger partial charge in [0.25, 0.3) is 5.56 Å². The van der Waals surface area contributed by atoms with Crippen molar-refractivity contribution in [2.45, 2.75) is 58.3 Å². The highest BCUT2D eigenvalue weighted by Crippen LogP contribution is 2.35. The summed E-state index contributed by atoms with van der Waals surface area (Å²) >= 11 is 0. The molecule has 1 aromatic carbocycles. The molecule has 2 heterocycles. The van der Waals surface area contributed by atoms with Crippen LogP contribution in [0, 0.1) is 5.82 Å². The maximum Gasteiger partial charge on any atom is 0.329 e. The number of nitrogens with zero attached hydrogens (tertiary/aromatic N) is 2. The quantitative estimate of drug-likeness (QED) is 0.364. The van der Waals surface area contributed by atoms with Gasteiger partial charge in [-0.15, -0.1) is 0 Å². The number of halogens is 1. The Morgan fingerprint density at radius 2 is 1.86 bits per heavy atom. The SMILES string of the molecule is CCn1c(=O)[nH]c(=O)c2c(-c3ccc(F)cc3)c(C=CC(O)CC(O)CC(=O)O)c(C(C)C)nc21. The monoisotopic (exact) mass is 485 g/mol. The van der Waals surface area contributed by atoms with Crippen LogP contribution in [0.1, 0.15) is 50.8 Å². The van der Waals surface area contributed by atoms with Gasteiger partial charge in [-0.25, -0.2) is 14.2 Å². The van der Waals surface area contributed by atoms with Gasteiger partial charge in [0.15, 0.2) is 0 Å². The first-order chi connectivity index (χ1) is 16.5. The molecule has 9 nitrogen and oxygen atoms in total. The standard InChI is InChI=1S/C25H28FN3O6/c1-4-29-23-21(24(34)28-25(29)35)20(14-5-7-15(26)8-6-14)18(22(27-23)13(2)3)10-9-16(30)11-17(31)12-19(32)33/h5-10,13,16-17,30-31H,4,11-12H2,1-3H3,(H,32,33)(H,28,34,35). The molecule has 0 bridgehead atoms. The maximum absolute atomic E-state index is 13.7. The molecule has 10 heteroatoms. The van der Waals surface area contributed by atoms with Gasteiger partial charge < -0.3 is 15.3 Å². The lowest BCUT2D eigenvalue weighted by Crippen LogP contribution is -2.31. The summed E-state index contributed by atoms with van der Waals surface area (Å²) in [6, 6.07) is 5.54. The fourth-order valence-corrected chi connectivity index (χ4v) is 4.01. The molecular formula is C25H28FN3O6. The van der Waals surface area contributed by atoms with Crippen LogP contribution >= 0.6 is 0 Å². The first-order valence-electron chi connectivity index (χ1n) is 11.3. The van der Waals surface area contributed by atoms with E-state index in [1.807, 2.05) is 13.8 Å². The highest BCUT2D eigenvalue weighted by molar-refractivity contribution is 5.97. The molecule has 186 valence electrons. The number of fused-ring (bicyclic) bond motifs is 1. The van der Waals surface area contributed by atoms with Gasteiger partial charge in [-0.05, 0) is 30.5 Å². The van der Waals surface area contributed by atoms with Crippen molar-refractivity contribution in [3.05, 3.63) is 68.3 Å². The second-order valence-corrected chi connectivity index (χ2v) is 8.56. The molecule has 3 aromatic rings. The van der Waals surface area contributed by atoms with E-state index in [-0.39, 0.29) is 29.9 Å². The van der Waals surface area contributed by atoms with Gasteiger partial charge in [-0.1, -0.05) is 38.1 Å². The molecule has 2 atom stereocenters. The van der Waals surface area contributed by atoms with Gasteiger partial charge in [0.1, 0.15) is 11.5 Å². The number of carbonyl (C=O) groups is 1. The number of aliphatic hydroxyl groups is 2. The van der Waals surface area contributed by atoms with Crippen LogP contribution in [0.3, 0.4) is 0 Å². The molecule has 0 radical (unpaired) electrons. The number of aromatic nitrogens is 3. The zero-order chi connectivity index (χ0) is 25.9. The average Bonchev–Trinajstić information content (AvgIpc) is 2.77. The number of rotatable bonds is 9. The van der Waals surface area contributed by atoms with E-state index in [1.54, 1.807) is 13.0 Å². The Hall–Kier alpha value is -3.63. The zero-order valence-electron chi connectivity index (χ0n) is 19.7. The van der Waals surface area contributed by atoms with Crippen molar-refractivity contribution in [1.29, 1.82) is 0 Å². The summed E-state index contributed by atoms with van der Waals surface area (Å²) in [5, 5.41) is 29.2. The Morgan fingerprint density at radius 1 is 1.20 bits per heavy atom. The lowest BCUT2D eigenvalue weighted by molar-refractivity contribution is -0.139. The van der Waals surface area contributed by atoms with Crippen molar-refractivity contribution in [3.63, 3.8) is 0 Å². The molecule has 2 unspecified atom stereocenters. The Kier molecular flexibility index (Phi) is 7.98. The van der Waals surface area contributed by atoms with E-state index in [2.05, 4.69) is 9.97 Å². The summed E-state index contributed by atoms with van der Waals surface area (Å²) in [5.41, 5.74) is 0.895. The summed E-state index contributed by atoms with van der Waals surface area (Å²) < 4.78 is 15.1. The minimum absolute atomic E-state index is 0.141. The molecule has 0 aliphatic heterocycles. The topological polar surface area (TPSA) is 146 Å². The molecule has 0 aliphatic carbocycles. The Morgan fingerprint density at radius 3 is 2.43 bits per heavy atom. The van der Waals surface area contributed by atoms with Gasteiger partial charge in [0.05, 0.1) is 29.7 Å². The Balaban J connectivity index is 2.32. The molecule has 0 saturated carbocycles. The molecule has 2 aromatic heterocycles. The van der Waals surface area contributed by atoms with Crippen LogP contribution in [0.4, 0.5) is 4.39 Å². The molecule has 0 saturated heterocycles. The van der Waals surface area contributed by atoms with Gasteiger partial charge in [0, 0.05) is 24.1 Å². The molecule has 4 N–H and O–H groups in total. The highest BCUT2D eigenvalue weighted by Gasteiger charge is 2.22. The number of carboxylic acids is 1. The number of aliphatic hydroxyl groups excluding tert-OH is 2. The number of aryl methyl sites for hydroxylation is 1. The second kappa shape index (κ2) is 10.7. The number of nitrogens with one attached hydrogen (secondary N) is 1. The van der Waals surface area contributed by atoms with Crippen LogP contribution < -0.4 is 11.2 Å². The Labute approximate surface area is 200 Å². The molecular weight excluding hydrogens is 457 g/mol. The lowest BCUT2D eigenvalue weighted by atomic mass is 9.91.